The van der Waals surface area contributed by atoms with Crippen molar-refractivity contribution >= 4 is 17.2 Å². The van der Waals surface area contributed by atoms with E-state index >= 15 is 0 Å². The molecular weight excluding hydrogens is 356 g/mol. The molecule has 3 rings (SSSR count). The zero-order valence-corrected chi connectivity index (χ0v) is 16.5. The van der Waals surface area contributed by atoms with E-state index in [1.807, 2.05) is 36.6 Å². The van der Waals surface area contributed by atoms with E-state index in [0.717, 1.165) is 27.4 Å². The third-order valence-electron chi connectivity index (χ3n) is 4.18. The van der Waals surface area contributed by atoms with Crippen LogP contribution in [0.25, 0.3) is 10.6 Å². The number of nitrogens with zero attached hydrogens (tertiary/aromatic N) is 1. The molecule has 1 heterocycles. The average molecular weight is 381 g/mol. The van der Waals surface area contributed by atoms with Crippen molar-refractivity contribution in [3.05, 3.63) is 76.3 Å². The minimum absolute atomic E-state index is 0.0193. The lowest BCUT2D eigenvalue weighted by atomic mass is 10.1. The van der Waals surface area contributed by atoms with Crippen molar-refractivity contribution in [2.75, 3.05) is 6.61 Å². The first-order chi connectivity index (χ1) is 13.1. The van der Waals surface area contributed by atoms with Gasteiger partial charge in [-0.2, -0.15) is 0 Å². The van der Waals surface area contributed by atoms with Gasteiger partial charge in [-0.1, -0.05) is 54.1 Å². The molecule has 3 aromatic rings. The van der Waals surface area contributed by atoms with E-state index in [2.05, 4.69) is 41.5 Å². The lowest BCUT2D eigenvalue weighted by Crippen LogP contribution is -2.24. The van der Waals surface area contributed by atoms with E-state index in [1.165, 1.54) is 5.56 Å². The van der Waals surface area contributed by atoms with Crippen LogP contribution in [0.3, 0.4) is 0 Å². The van der Waals surface area contributed by atoms with Crippen LogP contribution >= 0.6 is 11.3 Å². The topological polar surface area (TPSA) is 51.2 Å². The summed E-state index contributed by atoms with van der Waals surface area (Å²) < 4.78 is 5.39. The van der Waals surface area contributed by atoms with Crippen molar-refractivity contribution < 1.29 is 9.53 Å². The highest BCUT2D eigenvalue weighted by atomic mass is 32.1. The van der Waals surface area contributed by atoms with Gasteiger partial charge in [0.15, 0.2) is 0 Å². The van der Waals surface area contributed by atoms with E-state index < -0.39 is 0 Å². The van der Waals surface area contributed by atoms with Gasteiger partial charge in [0, 0.05) is 24.1 Å². The maximum absolute atomic E-state index is 12.2. The zero-order valence-electron chi connectivity index (χ0n) is 15.7. The first kappa shape index (κ1) is 19.3. The number of carbonyl (C=O) groups is 1. The van der Waals surface area contributed by atoms with Gasteiger partial charge in [-0.05, 0) is 25.0 Å². The smallest absolute Gasteiger partial charge is 0.226 e. The van der Waals surface area contributed by atoms with Gasteiger partial charge in [0.05, 0.1) is 18.7 Å². The van der Waals surface area contributed by atoms with Gasteiger partial charge in [-0.3, -0.25) is 4.79 Å². The molecule has 0 aliphatic carbocycles. The quantitative estimate of drug-likeness (QED) is 0.625. The number of aryl methyl sites for hydroxylation is 1. The minimum atomic E-state index is -0.0193. The summed E-state index contributed by atoms with van der Waals surface area (Å²) in [4.78, 5) is 16.8. The SMILES string of the molecule is CCOCc1ccc(CNC(=O)Cc2csc(-c3ccc(C)cc3)n2)cc1. The molecule has 140 valence electrons. The molecule has 2 aromatic carbocycles. The first-order valence-corrected chi connectivity index (χ1v) is 9.95. The Kier molecular flexibility index (Phi) is 6.74. The molecule has 0 aliphatic heterocycles. The Bertz CT molecular complexity index is 870. The largest absolute Gasteiger partial charge is 0.377 e. The Labute approximate surface area is 164 Å². The predicted molar refractivity (Wildman–Crippen MR) is 110 cm³/mol. The van der Waals surface area contributed by atoms with Crippen LogP contribution in [-0.4, -0.2) is 17.5 Å². The molecule has 0 saturated carbocycles. The number of ether oxygens (including phenoxy) is 1. The molecule has 0 bridgehead atoms. The number of hydrogen-bond acceptors (Lipinski definition) is 4. The highest BCUT2D eigenvalue weighted by molar-refractivity contribution is 7.13. The normalized spacial score (nSPS) is 10.7. The molecule has 0 saturated heterocycles. The number of benzene rings is 2. The highest BCUT2D eigenvalue weighted by Crippen LogP contribution is 2.24. The third kappa shape index (κ3) is 5.74. The van der Waals surface area contributed by atoms with E-state index in [4.69, 9.17) is 4.74 Å². The molecule has 0 radical (unpaired) electrons. The molecular formula is C22H24N2O2S. The number of nitrogens with one attached hydrogen (secondary N) is 1. The van der Waals surface area contributed by atoms with Gasteiger partial charge in [-0.15, -0.1) is 11.3 Å². The number of amides is 1. The van der Waals surface area contributed by atoms with Crippen molar-refractivity contribution in [1.29, 1.82) is 0 Å². The predicted octanol–water partition coefficient (Wildman–Crippen LogP) is 4.51. The van der Waals surface area contributed by atoms with Crippen molar-refractivity contribution in [2.45, 2.75) is 33.4 Å². The summed E-state index contributed by atoms with van der Waals surface area (Å²) in [5.74, 6) is -0.0193. The van der Waals surface area contributed by atoms with Gasteiger partial charge in [0.1, 0.15) is 5.01 Å². The monoisotopic (exact) mass is 380 g/mol. The second-order valence-corrected chi connectivity index (χ2v) is 7.28. The summed E-state index contributed by atoms with van der Waals surface area (Å²) in [6.07, 6.45) is 0.296. The van der Waals surface area contributed by atoms with Crippen LogP contribution in [0, 0.1) is 6.92 Å². The van der Waals surface area contributed by atoms with Crippen LogP contribution < -0.4 is 5.32 Å². The lowest BCUT2D eigenvalue weighted by Gasteiger charge is -2.06. The van der Waals surface area contributed by atoms with Crippen LogP contribution in [0.15, 0.2) is 53.9 Å². The highest BCUT2D eigenvalue weighted by Gasteiger charge is 2.09. The molecule has 5 heteroatoms. The molecule has 0 atom stereocenters. The minimum Gasteiger partial charge on any atom is -0.377 e. The van der Waals surface area contributed by atoms with E-state index in [-0.39, 0.29) is 5.91 Å². The number of rotatable bonds is 8. The summed E-state index contributed by atoms with van der Waals surface area (Å²) in [5, 5.41) is 5.86. The second kappa shape index (κ2) is 9.44. The molecule has 0 aliphatic rings. The number of aromatic nitrogens is 1. The molecule has 4 nitrogen and oxygen atoms in total. The molecule has 1 N–H and O–H groups in total. The molecule has 1 aromatic heterocycles. The van der Waals surface area contributed by atoms with E-state index in [1.54, 1.807) is 11.3 Å². The molecule has 27 heavy (non-hydrogen) atoms. The summed E-state index contributed by atoms with van der Waals surface area (Å²) in [6, 6.07) is 16.4. The number of thiazole rings is 1. The Balaban J connectivity index is 1.50. The van der Waals surface area contributed by atoms with Crippen LogP contribution in [0.2, 0.25) is 0 Å². The van der Waals surface area contributed by atoms with E-state index in [9.17, 15) is 4.79 Å². The summed E-state index contributed by atoms with van der Waals surface area (Å²) in [5.41, 5.74) is 5.32. The van der Waals surface area contributed by atoms with Crippen LogP contribution in [-0.2, 0) is 29.1 Å². The molecule has 0 spiro atoms. The van der Waals surface area contributed by atoms with Crippen molar-refractivity contribution in [3.63, 3.8) is 0 Å². The summed E-state index contributed by atoms with van der Waals surface area (Å²) >= 11 is 1.57. The van der Waals surface area contributed by atoms with Gasteiger partial charge in [0.25, 0.3) is 0 Å². The van der Waals surface area contributed by atoms with Crippen molar-refractivity contribution in [2.24, 2.45) is 0 Å². The molecule has 0 fully saturated rings. The van der Waals surface area contributed by atoms with Gasteiger partial charge in [0.2, 0.25) is 5.91 Å². The maximum Gasteiger partial charge on any atom is 0.226 e. The Hall–Kier alpha value is -2.50. The van der Waals surface area contributed by atoms with Gasteiger partial charge < -0.3 is 10.1 Å². The lowest BCUT2D eigenvalue weighted by molar-refractivity contribution is -0.120. The zero-order chi connectivity index (χ0) is 19.1. The Morgan fingerprint density at radius 1 is 1.07 bits per heavy atom. The number of carbonyl (C=O) groups excluding carboxylic acids is 1. The third-order valence-corrected chi connectivity index (χ3v) is 5.12. The maximum atomic E-state index is 12.2. The fourth-order valence-electron chi connectivity index (χ4n) is 2.62. The molecule has 0 unspecified atom stereocenters. The summed E-state index contributed by atoms with van der Waals surface area (Å²) in [6.45, 7) is 5.89. The van der Waals surface area contributed by atoms with Crippen LogP contribution in [0.5, 0.6) is 0 Å². The van der Waals surface area contributed by atoms with Crippen molar-refractivity contribution in [1.82, 2.24) is 10.3 Å². The standard InChI is InChI=1S/C22H24N2O2S/c1-3-26-14-18-8-6-17(7-9-18)13-23-21(25)12-20-15-27-22(24-20)19-10-4-16(2)5-11-19/h4-11,15H,3,12-14H2,1-2H3,(H,23,25). The average Bonchev–Trinajstić information content (AvgIpc) is 3.14. The van der Waals surface area contributed by atoms with Crippen molar-refractivity contribution in [3.8, 4) is 10.6 Å². The Morgan fingerprint density at radius 2 is 1.78 bits per heavy atom. The molecule has 1 amide bonds. The Morgan fingerprint density at radius 3 is 2.48 bits per heavy atom. The fraction of sp³-hybridized carbons (Fsp3) is 0.273. The summed E-state index contributed by atoms with van der Waals surface area (Å²) in [7, 11) is 0. The van der Waals surface area contributed by atoms with Gasteiger partial charge >= 0.3 is 0 Å². The first-order valence-electron chi connectivity index (χ1n) is 9.07. The van der Waals surface area contributed by atoms with Gasteiger partial charge in [-0.25, -0.2) is 4.98 Å². The fourth-order valence-corrected chi connectivity index (χ4v) is 3.44. The second-order valence-electron chi connectivity index (χ2n) is 6.42. The van der Waals surface area contributed by atoms with Crippen LogP contribution in [0.4, 0.5) is 0 Å². The number of hydrogen-bond donors (Lipinski definition) is 1. The van der Waals surface area contributed by atoms with E-state index in [0.29, 0.717) is 26.2 Å². The van der Waals surface area contributed by atoms with Crippen LogP contribution in [0.1, 0.15) is 29.3 Å².